The number of carbonyl (C=O) groups excluding carboxylic acids is 1. The molecule has 1 aliphatic heterocycles. The first-order chi connectivity index (χ1) is 14.1. The molecule has 7 nitrogen and oxygen atoms in total. The van der Waals surface area contributed by atoms with E-state index in [4.69, 9.17) is 26.8 Å². The molecule has 1 aromatic heterocycles. The molecular formula is C21H25ClFN3O4. The van der Waals surface area contributed by atoms with Crippen molar-refractivity contribution in [3.63, 3.8) is 0 Å². The number of nitrogens with two attached hydrogens (primary N) is 1. The molecule has 1 aromatic carbocycles. The Morgan fingerprint density at radius 2 is 2.20 bits per heavy atom. The monoisotopic (exact) mass is 437 g/mol. The highest BCUT2D eigenvalue weighted by Crippen LogP contribution is 2.45. The van der Waals surface area contributed by atoms with E-state index in [2.05, 4.69) is 28.9 Å². The van der Waals surface area contributed by atoms with Gasteiger partial charge in [-0.1, -0.05) is 25.4 Å². The van der Waals surface area contributed by atoms with Crippen LogP contribution in [0.2, 0.25) is 5.02 Å². The third-order valence-corrected chi connectivity index (χ3v) is 5.00. The summed E-state index contributed by atoms with van der Waals surface area (Å²) >= 11 is 6.43. The van der Waals surface area contributed by atoms with Crippen LogP contribution in [-0.2, 0) is 11.3 Å². The number of hydrogen-bond donors (Lipinski definition) is 2. The van der Waals surface area contributed by atoms with Gasteiger partial charge in [-0.3, -0.25) is 5.32 Å². The molecule has 2 aromatic rings. The second-order valence-corrected chi connectivity index (χ2v) is 8.42. The zero-order valence-electron chi connectivity index (χ0n) is 17.3. The summed E-state index contributed by atoms with van der Waals surface area (Å²) in [6.45, 7) is 6.40. The van der Waals surface area contributed by atoms with Crippen LogP contribution in [0.15, 0.2) is 18.3 Å². The minimum Gasteiger partial charge on any atom is -0.489 e. The van der Waals surface area contributed by atoms with Gasteiger partial charge in [0.1, 0.15) is 19.0 Å². The number of anilines is 1. The lowest BCUT2D eigenvalue weighted by Crippen LogP contribution is -2.43. The van der Waals surface area contributed by atoms with Gasteiger partial charge in [0.15, 0.2) is 17.4 Å². The first-order valence-corrected chi connectivity index (χ1v) is 9.90. The fourth-order valence-corrected chi connectivity index (χ4v) is 3.81. The van der Waals surface area contributed by atoms with Crippen molar-refractivity contribution in [1.29, 1.82) is 0 Å². The zero-order valence-corrected chi connectivity index (χ0v) is 18.1. The van der Waals surface area contributed by atoms with Crippen molar-refractivity contribution in [3.05, 3.63) is 34.7 Å². The molecule has 162 valence electrons. The maximum absolute atomic E-state index is 14.9. The molecule has 0 spiro atoms. The van der Waals surface area contributed by atoms with Crippen LogP contribution in [-0.4, -0.2) is 30.3 Å². The highest BCUT2D eigenvalue weighted by molar-refractivity contribution is 6.36. The average Bonchev–Trinajstić information content (AvgIpc) is 2.67. The van der Waals surface area contributed by atoms with Crippen molar-refractivity contribution in [2.75, 3.05) is 19.0 Å². The van der Waals surface area contributed by atoms with Crippen LogP contribution in [0, 0.1) is 11.7 Å². The fraction of sp³-hybridized carbons (Fsp3) is 0.429. The van der Waals surface area contributed by atoms with Crippen LogP contribution in [0.3, 0.4) is 0 Å². The quantitative estimate of drug-likeness (QED) is 0.676. The predicted octanol–water partition coefficient (Wildman–Crippen LogP) is 4.75. The van der Waals surface area contributed by atoms with Gasteiger partial charge in [-0.05, 0) is 37.0 Å². The Morgan fingerprint density at radius 1 is 1.47 bits per heavy atom. The van der Waals surface area contributed by atoms with E-state index in [-0.39, 0.29) is 29.8 Å². The zero-order chi connectivity index (χ0) is 22.1. The summed E-state index contributed by atoms with van der Waals surface area (Å²) in [5.74, 6) is 0.427. The maximum Gasteiger partial charge on any atom is 0.412 e. The van der Waals surface area contributed by atoms with Gasteiger partial charge in [0.25, 0.3) is 0 Å². The van der Waals surface area contributed by atoms with Gasteiger partial charge in [-0.25, -0.2) is 14.2 Å². The van der Waals surface area contributed by atoms with Crippen molar-refractivity contribution in [2.24, 2.45) is 11.7 Å². The van der Waals surface area contributed by atoms with E-state index in [1.54, 1.807) is 6.07 Å². The number of ether oxygens (including phenoxy) is 3. The van der Waals surface area contributed by atoms with Crippen LogP contribution < -0.4 is 20.5 Å². The third-order valence-electron chi connectivity index (χ3n) is 4.63. The van der Waals surface area contributed by atoms with E-state index in [0.29, 0.717) is 28.4 Å². The lowest BCUT2D eigenvalue weighted by Gasteiger charge is -2.27. The van der Waals surface area contributed by atoms with Crippen molar-refractivity contribution in [3.8, 4) is 22.6 Å². The Balaban J connectivity index is 1.92. The van der Waals surface area contributed by atoms with Crippen molar-refractivity contribution >= 4 is 23.5 Å². The second kappa shape index (κ2) is 8.65. The summed E-state index contributed by atoms with van der Waals surface area (Å²) in [7, 11) is 1.23. The SMILES string of the molecule is COC(=O)Nc1ncc2c(c1Cl)-c1cc(F)c(OC[C@@](C)(N)CC(C)C)cc1CO2. The molecule has 0 saturated carbocycles. The van der Waals surface area contributed by atoms with Gasteiger partial charge in [0, 0.05) is 16.7 Å². The van der Waals surface area contributed by atoms with Crippen molar-refractivity contribution < 1.29 is 23.4 Å². The molecule has 0 radical (unpaired) electrons. The van der Waals surface area contributed by atoms with Gasteiger partial charge in [-0.2, -0.15) is 0 Å². The van der Waals surface area contributed by atoms with Gasteiger partial charge in [-0.15, -0.1) is 0 Å². The largest absolute Gasteiger partial charge is 0.489 e. The lowest BCUT2D eigenvalue weighted by molar-refractivity contribution is 0.187. The Labute approximate surface area is 179 Å². The average molecular weight is 438 g/mol. The summed E-state index contributed by atoms with van der Waals surface area (Å²) in [5.41, 5.74) is 7.35. The molecule has 0 fully saturated rings. The molecule has 1 amide bonds. The maximum atomic E-state index is 14.9. The summed E-state index contributed by atoms with van der Waals surface area (Å²) in [6, 6.07) is 2.93. The Kier molecular flexibility index (Phi) is 6.38. The van der Waals surface area contributed by atoms with Crippen molar-refractivity contribution in [2.45, 2.75) is 39.3 Å². The number of fused-ring (bicyclic) bond motifs is 3. The molecule has 0 unspecified atom stereocenters. The van der Waals surface area contributed by atoms with E-state index in [1.807, 2.05) is 6.92 Å². The smallest absolute Gasteiger partial charge is 0.412 e. The number of pyridine rings is 1. The molecule has 3 N–H and O–H groups in total. The van der Waals surface area contributed by atoms with Gasteiger partial charge in [0.05, 0.1) is 18.3 Å². The number of nitrogens with one attached hydrogen (secondary N) is 1. The van der Waals surface area contributed by atoms with Crippen LogP contribution in [0.1, 0.15) is 32.8 Å². The number of halogens is 2. The predicted molar refractivity (Wildman–Crippen MR) is 113 cm³/mol. The first kappa shape index (κ1) is 22.1. The van der Waals surface area contributed by atoms with E-state index in [0.717, 1.165) is 6.42 Å². The topological polar surface area (TPSA) is 95.7 Å². The number of benzene rings is 1. The molecule has 9 heteroatoms. The fourth-order valence-electron chi connectivity index (χ4n) is 3.51. The molecule has 0 saturated heterocycles. The summed E-state index contributed by atoms with van der Waals surface area (Å²) in [5, 5.41) is 2.55. The normalized spacial score (nSPS) is 14.3. The minimum atomic E-state index is -0.720. The molecule has 0 bridgehead atoms. The van der Waals surface area contributed by atoms with Gasteiger partial charge in [0.2, 0.25) is 0 Å². The lowest BCUT2D eigenvalue weighted by atomic mass is 9.93. The van der Waals surface area contributed by atoms with Crippen LogP contribution in [0.4, 0.5) is 15.0 Å². The number of aromatic nitrogens is 1. The Morgan fingerprint density at radius 3 is 2.87 bits per heavy atom. The van der Waals surface area contributed by atoms with E-state index in [1.165, 1.54) is 19.4 Å². The molecule has 1 atom stereocenters. The number of amides is 1. The first-order valence-electron chi connectivity index (χ1n) is 9.52. The van der Waals surface area contributed by atoms with E-state index < -0.39 is 17.4 Å². The molecule has 0 aliphatic carbocycles. The molecular weight excluding hydrogens is 413 g/mol. The summed E-state index contributed by atoms with van der Waals surface area (Å²) < 4.78 is 30.8. The standard InChI is InChI=1S/C21H25ClFN3O4/c1-11(2)7-21(3,24)10-30-15-5-12-9-29-16-8-25-19(26-20(27)28-4)18(22)17(16)13(12)6-14(15)23/h5-6,8,11H,7,9-10,24H2,1-4H3,(H,25,26,27)/t21-/m0/s1. The molecule has 30 heavy (non-hydrogen) atoms. The number of methoxy groups -OCH3 is 1. The van der Waals surface area contributed by atoms with Crippen LogP contribution in [0.25, 0.3) is 11.1 Å². The second-order valence-electron chi connectivity index (χ2n) is 8.05. The molecule has 3 rings (SSSR count). The van der Waals surface area contributed by atoms with Crippen molar-refractivity contribution in [1.82, 2.24) is 4.98 Å². The number of nitrogens with zero attached hydrogens (tertiary/aromatic N) is 1. The molecule has 2 heterocycles. The number of hydrogen-bond acceptors (Lipinski definition) is 6. The minimum absolute atomic E-state index is 0.0898. The molecule has 1 aliphatic rings. The van der Waals surface area contributed by atoms with Crippen LogP contribution in [0.5, 0.6) is 11.5 Å². The van der Waals surface area contributed by atoms with E-state index in [9.17, 15) is 9.18 Å². The van der Waals surface area contributed by atoms with Gasteiger partial charge < -0.3 is 19.9 Å². The van der Waals surface area contributed by atoms with E-state index >= 15 is 0 Å². The Hall–Kier alpha value is -2.58. The van der Waals surface area contributed by atoms with Gasteiger partial charge >= 0.3 is 6.09 Å². The summed E-state index contributed by atoms with van der Waals surface area (Å²) in [6.07, 6.45) is 1.44. The van der Waals surface area contributed by atoms with Crippen LogP contribution >= 0.6 is 11.6 Å². The third kappa shape index (κ3) is 4.76. The number of rotatable bonds is 6. The Bertz CT molecular complexity index is 966. The summed E-state index contributed by atoms with van der Waals surface area (Å²) in [4.78, 5) is 15.6. The highest BCUT2D eigenvalue weighted by Gasteiger charge is 2.27. The number of carbonyl (C=O) groups is 1. The highest BCUT2D eigenvalue weighted by atomic mass is 35.5.